The van der Waals surface area contributed by atoms with Crippen LogP contribution in [0.15, 0.2) is 98.1 Å². The first-order valence-electron chi connectivity index (χ1n) is 43.8. The Kier molecular flexibility index (Phi) is 25.9. The van der Waals surface area contributed by atoms with E-state index in [1.807, 2.05) is 162 Å². The second-order valence-corrected chi connectivity index (χ2v) is 33.8. The largest absolute Gasteiger partial charge is 0.483 e. The number of carbonyl (C=O) groups excluding carboxylic acids is 6. The number of fused-ring (bicyclic) bond motifs is 24. The molecule has 15 heterocycles. The molecule has 2 unspecified atom stereocenters. The molecule has 9 aromatic heterocycles. The van der Waals surface area contributed by atoms with Gasteiger partial charge in [-0.25, -0.2) is 29.9 Å². The fraction of sp³-hybridized carbons (Fsp3) is 0.327. The van der Waals surface area contributed by atoms with Crippen molar-refractivity contribution in [2.45, 2.75) is 186 Å². The van der Waals surface area contributed by atoms with Gasteiger partial charge in [-0.15, -0.1) is 0 Å². The molecular formula is C104H110N12O14. The van der Waals surface area contributed by atoms with Crippen LogP contribution in [0.1, 0.15) is 243 Å². The monoisotopic (exact) mass is 1750 g/mol. The van der Waals surface area contributed by atoms with Gasteiger partial charge in [0.25, 0.3) is 0 Å². The summed E-state index contributed by atoms with van der Waals surface area (Å²) in [5.74, 6) is -1.07. The molecule has 130 heavy (non-hydrogen) atoms. The van der Waals surface area contributed by atoms with Crippen LogP contribution in [0.25, 0.3) is 133 Å². The normalized spacial score (nSPS) is 13.8. The minimum atomic E-state index is -0.744. The van der Waals surface area contributed by atoms with E-state index in [2.05, 4.69) is 63.0 Å². The van der Waals surface area contributed by atoms with Gasteiger partial charge in [-0.3, -0.25) is 28.8 Å². The Bertz CT molecular complexity index is 7130. The van der Waals surface area contributed by atoms with E-state index in [-0.39, 0.29) is 74.3 Å². The van der Waals surface area contributed by atoms with Crippen molar-refractivity contribution >= 4 is 169 Å². The lowest BCUT2D eigenvalue weighted by Crippen LogP contribution is -2.14. The molecule has 6 N–H and O–H groups in total. The number of hydrogen-bond donors (Lipinski definition) is 6. The van der Waals surface area contributed by atoms with Crippen LogP contribution >= 0.6 is 0 Å². The number of methoxy groups -OCH3 is 6. The summed E-state index contributed by atoms with van der Waals surface area (Å²) >= 11 is 0. The zero-order chi connectivity index (χ0) is 92.9. The van der Waals surface area contributed by atoms with E-state index < -0.39 is 12.2 Å². The third-order valence-electron chi connectivity index (χ3n) is 26.3. The fourth-order valence-electron chi connectivity index (χ4n) is 18.6. The van der Waals surface area contributed by atoms with Crippen molar-refractivity contribution in [2.24, 2.45) is 0 Å². The molecule has 9 aromatic rings. The zero-order valence-corrected chi connectivity index (χ0v) is 77.5. The lowest BCUT2D eigenvalue weighted by atomic mass is 9.99. The van der Waals surface area contributed by atoms with E-state index in [0.29, 0.717) is 157 Å². The summed E-state index contributed by atoms with van der Waals surface area (Å²) in [6.45, 7) is 36.9. The number of esters is 6. The number of ether oxygens (including phenoxy) is 8. The quantitative estimate of drug-likeness (QED) is 0.0217. The Balaban J connectivity index is 0.951. The standard InChI is InChI=1S/C104H110N12O14/c1-23-63-49(3)77-44-93-103(59(13)81(115-93)38-72-52(6)66(26-32-96(118)124-18)86(108-72)46-88-68(28-34-98(120)126-20)54(8)74(110-88)40-83(63)105-77)129-61(15)101-57(11)79-37-71-51(5)65(25-31-95(117)123-17)85(107-71)48-90-70(30-36-100(122)128-22)56(10)76(112-90)42-91-102(58(12)80(114-91)43-92(101)113-79)62(16)130-104-60(14)82-39-73-53(7)67(27-33-97(119)125-19)87(109-73)47-89-69(29-35-99(121)127-21)55(9)75(111-89)41-84-64(24-2)50(4)78(106-84)45-94(104)116-82/h23-24,37-48,61-62,110-113,115-116H,1-2,25-36H2,3-22H3. The molecule has 6 aliphatic rings. The number of aryl methyl sites for hydroxylation is 9. The molecule has 2 atom stereocenters. The summed E-state index contributed by atoms with van der Waals surface area (Å²) < 4.78 is 46.3. The summed E-state index contributed by atoms with van der Waals surface area (Å²) in [4.78, 5) is 133. The third-order valence-corrected chi connectivity index (χ3v) is 26.3. The Morgan fingerprint density at radius 1 is 0.285 bits per heavy atom. The minimum absolute atomic E-state index is 0.0864. The number of aromatic nitrogens is 12. The maximum Gasteiger partial charge on any atom is 0.305 e. The SMILES string of the molecule is C=CC1=C(C)c2cc3[nH]c(cc4nc(cc5[nH]c(cc1n2)c(C)c5CCC(=O)OC)C(CCC(=O)OC)=C4C)c(C)c3OC(C)C1=C(C)c2cc3[nH]c(cc4nc(cc5[nH]c(cc1n2)c(C)c5CCC(=O)OC)C(CCC(=O)OC)=C4C)c(C)c3C(C)Oc1c(C)c2cc3nc(cc4[nH]c(cc5nc(cc1[nH]2)C(C)=C5C=C)c(C)c4CCC(=O)OC)C(CCC(=O)OC)=C3C. The van der Waals surface area contributed by atoms with E-state index in [9.17, 15) is 28.8 Å². The second kappa shape index (κ2) is 37.2. The summed E-state index contributed by atoms with van der Waals surface area (Å²) in [6.07, 6.45) is 4.92. The molecule has 670 valence electrons. The number of nitrogens with one attached hydrogen (secondary N) is 6. The molecular weight excluding hydrogens is 1640 g/mol. The second-order valence-electron chi connectivity index (χ2n) is 33.8. The van der Waals surface area contributed by atoms with Gasteiger partial charge in [0.1, 0.15) is 23.7 Å². The van der Waals surface area contributed by atoms with E-state index in [4.69, 9.17) is 67.8 Å². The molecule has 24 bridgehead atoms. The van der Waals surface area contributed by atoms with Crippen LogP contribution < -0.4 is 9.47 Å². The van der Waals surface area contributed by atoms with E-state index in [0.717, 1.165) is 150 Å². The lowest BCUT2D eigenvalue weighted by Gasteiger charge is -2.18. The van der Waals surface area contributed by atoms with E-state index >= 15 is 0 Å². The number of hydrogen-bond acceptors (Lipinski definition) is 20. The Morgan fingerprint density at radius 2 is 0.531 bits per heavy atom. The van der Waals surface area contributed by atoms with E-state index in [1.54, 1.807) is 0 Å². The van der Waals surface area contributed by atoms with Crippen LogP contribution in [0.2, 0.25) is 0 Å². The van der Waals surface area contributed by atoms with Gasteiger partial charge in [0.15, 0.2) is 0 Å². The summed E-state index contributed by atoms with van der Waals surface area (Å²) in [5.41, 5.74) is 35.1. The van der Waals surface area contributed by atoms with Crippen molar-refractivity contribution in [1.82, 2.24) is 59.8 Å². The van der Waals surface area contributed by atoms with Gasteiger partial charge in [-0.2, -0.15) is 0 Å². The van der Waals surface area contributed by atoms with Crippen molar-refractivity contribution in [3.05, 3.63) is 222 Å². The topological polar surface area (TPSA) is 348 Å². The zero-order valence-electron chi connectivity index (χ0n) is 77.5. The average molecular weight is 1750 g/mol. The summed E-state index contributed by atoms with van der Waals surface area (Å²) in [5, 5.41) is 0. The molecule has 26 nitrogen and oxygen atoms in total. The molecule has 0 aliphatic carbocycles. The Morgan fingerprint density at radius 3 is 0.877 bits per heavy atom. The molecule has 0 radical (unpaired) electrons. The van der Waals surface area contributed by atoms with Gasteiger partial charge in [0.2, 0.25) is 0 Å². The highest BCUT2D eigenvalue weighted by molar-refractivity contribution is 6.03. The third kappa shape index (κ3) is 17.4. The Labute approximate surface area is 753 Å². The van der Waals surface area contributed by atoms with Crippen LogP contribution in [0.4, 0.5) is 0 Å². The van der Waals surface area contributed by atoms with Crippen molar-refractivity contribution in [3.63, 3.8) is 0 Å². The number of carbonyl (C=O) groups is 6. The molecule has 0 fully saturated rings. The van der Waals surface area contributed by atoms with Gasteiger partial charge < -0.3 is 67.8 Å². The van der Waals surface area contributed by atoms with Crippen LogP contribution in [-0.2, 0) is 76.5 Å². The highest BCUT2D eigenvalue weighted by Crippen LogP contribution is 2.46. The number of allylic oxidation sites excluding steroid dienone is 13. The molecule has 0 saturated heterocycles. The van der Waals surface area contributed by atoms with Gasteiger partial charge >= 0.3 is 35.8 Å². The smallest absolute Gasteiger partial charge is 0.305 e. The van der Waals surface area contributed by atoms with Crippen molar-refractivity contribution in [3.8, 4) is 11.5 Å². The van der Waals surface area contributed by atoms with Crippen LogP contribution in [-0.4, -0.2) is 144 Å². The van der Waals surface area contributed by atoms with Crippen LogP contribution in [0, 0.1) is 41.5 Å². The Hall–Kier alpha value is -14.3. The number of aromatic amines is 6. The number of rotatable bonds is 26. The van der Waals surface area contributed by atoms with Crippen molar-refractivity contribution in [1.29, 1.82) is 0 Å². The number of nitrogens with zero attached hydrogens (tertiary/aromatic N) is 6. The molecule has 0 saturated carbocycles. The van der Waals surface area contributed by atoms with Gasteiger partial charge in [0, 0.05) is 127 Å². The van der Waals surface area contributed by atoms with Gasteiger partial charge in [-0.1, -0.05) is 25.3 Å². The van der Waals surface area contributed by atoms with Crippen molar-refractivity contribution < 1.29 is 66.7 Å². The van der Waals surface area contributed by atoms with E-state index in [1.165, 1.54) is 42.7 Å². The van der Waals surface area contributed by atoms with Gasteiger partial charge in [0.05, 0.1) is 122 Å². The van der Waals surface area contributed by atoms with Crippen LogP contribution in [0.3, 0.4) is 0 Å². The summed E-state index contributed by atoms with van der Waals surface area (Å²) in [7, 11) is 8.29. The maximum absolute atomic E-state index is 13.2. The average Bonchev–Trinajstić information content (AvgIpc) is 1.60. The molecule has 26 heteroatoms. The minimum Gasteiger partial charge on any atom is -0.483 e. The molecule has 0 amide bonds. The highest BCUT2D eigenvalue weighted by atomic mass is 16.5. The van der Waals surface area contributed by atoms with Gasteiger partial charge in [-0.05, 0) is 297 Å². The van der Waals surface area contributed by atoms with Crippen LogP contribution in [0.5, 0.6) is 11.5 Å². The molecule has 15 rings (SSSR count). The predicted octanol–water partition coefficient (Wildman–Crippen LogP) is 21.2. The highest BCUT2D eigenvalue weighted by Gasteiger charge is 2.32. The first-order valence-corrected chi connectivity index (χ1v) is 43.8. The molecule has 0 aromatic carbocycles. The van der Waals surface area contributed by atoms with Crippen molar-refractivity contribution in [2.75, 3.05) is 42.7 Å². The molecule has 0 spiro atoms. The fourth-order valence-corrected chi connectivity index (χ4v) is 18.6. The predicted molar refractivity (Wildman–Crippen MR) is 511 cm³/mol. The number of H-pyrrole nitrogens is 6. The summed E-state index contributed by atoms with van der Waals surface area (Å²) in [6, 6.07) is 24.2. The first kappa shape index (κ1) is 90.5. The first-order chi connectivity index (χ1) is 62.3. The lowest BCUT2D eigenvalue weighted by molar-refractivity contribution is -0.141. The molecule has 6 aliphatic heterocycles. The maximum atomic E-state index is 13.2.